The molecule has 0 aliphatic carbocycles. The van der Waals surface area contributed by atoms with Gasteiger partial charge in [0.25, 0.3) is 5.91 Å². The lowest BCUT2D eigenvalue weighted by Crippen LogP contribution is -2.40. The lowest BCUT2D eigenvalue weighted by atomic mass is 9.87. The predicted octanol–water partition coefficient (Wildman–Crippen LogP) is 5.01. The number of rotatable bonds is 7. The van der Waals surface area contributed by atoms with Crippen LogP contribution in [0.5, 0.6) is 5.75 Å². The number of fused-ring (bicyclic) bond motifs is 1. The van der Waals surface area contributed by atoms with Gasteiger partial charge in [0.2, 0.25) is 5.91 Å². The maximum Gasteiger partial charge on any atom is 0.273 e. The number of hydrogen-bond donors (Lipinski definition) is 0. The quantitative estimate of drug-likeness (QED) is 0.480. The minimum absolute atomic E-state index is 0.0830. The first-order valence-electron chi connectivity index (χ1n) is 11.7. The highest BCUT2D eigenvalue weighted by Gasteiger charge is 2.31. The molecule has 0 N–H and O–H groups in total. The summed E-state index contributed by atoms with van der Waals surface area (Å²) in [6, 6.07) is 14.4. The summed E-state index contributed by atoms with van der Waals surface area (Å²) in [5, 5.41) is 2.53. The topological polar surface area (TPSA) is 62.7 Å². The van der Waals surface area contributed by atoms with Gasteiger partial charge in [0, 0.05) is 31.9 Å². The van der Waals surface area contributed by atoms with Crippen LogP contribution in [0.15, 0.2) is 47.8 Å². The molecule has 2 amide bonds. The summed E-state index contributed by atoms with van der Waals surface area (Å²) in [4.78, 5) is 33.2. The van der Waals surface area contributed by atoms with Gasteiger partial charge in [-0.3, -0.25) is 9.59 Å². The fourth-order valence-corrected chi connectivity index (χ4v) is 4.90. The van der Waals surface area contributed by atoms with E-state index >= 15 is 0 Å². The van der Waals surface area contributed by atoms with Crippen LogP contribution in [0.2, 0.25) is 0 Å². The lowest BCUT2D eigenvalue weighted by molar-refractivity contribution is -0.132. The summed E-state index contributed by atoms with van der Waals surface area (Å²) >= 11 is 1.42. The number of thiazole rings is 1. The maximum atomic E-state index is 12.8. The van der Waals surface area contributed by atoms with Gasteiger partial charge in [-0.15, -0.1) is 11.3 Å². The molecule has 34 heavy (non-hydrogen) atoms. The van der Waals surface area contributed by atoms with Crippen molar-refractivity contribution in [3.05, 3.63) is 80.8 Å². The SMILES string of the molecule is CCC(=O)N1CCc2ccc(OCc3nc(C(=O)N(C)CC)cs3)cc2C1c1ccc(C)cc1. The molecular formula is C27H31N3O3S. The monoisotopic (exact) mass is 477 g/mol. The first-order valence-corrected chi connectivity index (χ1v) is 12.6. The third-order valence-corrected chi connectivity index (χ3v) is 7.14. The zero-order valence-corrected chi connectivity index (χ0v) is 21.0. The van der Waals surface area contributed by atoms with E-state index in [1.54, 1.807) is 17.3 Å². The fourth-order valence-electron chi connectivity index (χ4n) is 4.22. The van der Waals surface area contributed by atoms with Crippen molar-refractivity contribution < 1.29 is 14.3 Å². The van der Waals surface area contributed by atoms with Crippen LogP contribution in [-0.4, -0.2) is 46.7 Å². The molecule has 0 saturated carbocycles. The number of hydrogen-bond acceptors (Lipinski definition) is 5. The standard InChI is InChI=1S/C27H31N3O3S/c1-5-25(31)30-14-13-19-11-12-21(15-22(19)26(30)20-9-7-18(3)8-10-20)33-16-24-28-23(17-34-24)27(32)29(4)6-2/h7-12,15,17,26H,5-6,13-14,16H2,1-4H3. The maximum absolute atomic E-state index is 12.8. The highest BCUT2D eigenvalue weighted by atomic mass is 32.1. The molecule has 0 saturated heterocycles. The minimum atomic E-state index is -0.131. The van der Waals surface area contributed by atoms with Crippen LogP contribution >= 0.6 is 11.3 Å². The van der Waals surface area contributed by atoms with Crippen LogP contribution < -0.4 is 4.74 Å². The van der Waals surface area contributed by atoms with Crippen molar-refractivity contribution in [1.82, 2.24) is 14.8 Å². The molecule has 0 radical (unpaired) electrons. The molecule has 0 bridgehead atoms. The van der Waals surface area contributed by atoms with Gasteiger partial charge in [0.05, 0.1) is 6.04 Å². The minimum Gasteiger partial charge on any atom is -0.486 e. The summed E-state index contributed by atoms with van der Waals surface area (Å²) < 4.78 is 6.08. The Hall–Kier alpha value is -3.19. The van der Waals surface area contributed by atoms with E-state index in [0.717, 1.165) is 28.3 Å². The number of aromatic nitrogens is 1. The van der Waals surface area contributed by atoms with Crippen LogP contribution in [0.3, 0.4) is 0 Å². The molecular weight excluding hydrogens is 446 g/mol. The highest BCUT2D eigenvalue weighted by Crippen LogP contribution is 2.37. The molecule has 2 aromatic carbocycles. The van der Waals surface area contributed by atoms with E-state index in [9.17, 15) is 9.59 Å². The van der Waals surface area contributed by atoms with E-state index in [-0.39, 0.29) is 17.9 Å². The van der Waals surface area contributed by atoms with Crippen molar-refractivity contribution in [3.63, 3.8) is 0 Å². The molecule has 0 fully saturated rings. The van der Waals surface area contributed by atoms with Crippen molar-refractivity contribution >= 4 is 23.2 Å². The van der Waals surface area contributed by atoms with Gasteiger partial charge < -0.3 is 14.5 Å². The number of benzene rings is 2. The summed E-state index contributed by atoms with van der Waals surface area (Å²) in [7, 11) is 1.77. The van der Waals surface area contributed by atoms with Gasteiger partial charge in [0.1, 0.15) is 23.1 Å². The van der Waals surface area contributed by atoms with Gasteiger partial charge in [-0.05, 0) is 49.1 Å². The van der Waals surface area contributed by atoms with Crippen molar-refractivity contribution in [2.45, 2.75) is 46.3 Å². The fraction of sp³-hybridized carbons (Fsp3) is 0.370. The molecule has 0 spiro atoms. The second-order valence-corrected chi connectivity index (χ2v) is 9.54. The molecule has 1 unspecified atom stereocenters. The molecule has 4 rings (SSSR count). The average Bonchev–Trinajstić information content (AvgIpc) is 3.35. The van der Waals surface area contributed by atoms with Crippen molar-refractivity contribution in [3.8, 4) is 5.75 Å². The van der Waals surface area contributed by atoms with Gasteiger partial charge in [0.15, 0.2) is 0 Å². The van der Waals surface area contributed by atoms with Crippen LogP contribution in [0, 0.1) is 6.92 Å². The molecule has 2 heterocycles. The van der Waals surface area contributed by atoms with Crippen molar-refractivity contribution in [1.29, 1.82) is 0 Å². The number of ether oxygens (including phenoxy) is 1. The molecule has 1 aliphatic heterocycles. The summed E-state index contributed by atoms with van der Waals surface area (Å²) in [6.07, 6.45) is 1.30. The van der Waals surface area contributed by atoms with E-state index in [1.807, 2.05) is 24.8 Å². The van der Waals surface area contributed by atoms with Gasteiger partial charge in [-0.25, -0.2) is 4.98 Å². The van der Waals surface area contributed by atoms with Crippen LogP contribution in [0.4, 0.5) is 0 Å². The van der Waals surface area contributed by atoms with Crippen molar-refractivity contribution in [2.75, 3.05) is 20.1 Å². The van der Waals surface area contributed by atoms with E-state index in [2.05, 4.69) is 48.3 Å². The van der Waals surface area contributed by atoms with E-state index in [0.29, 0.717) is 31.8 Å². The third kappa shape index (κ3) is 4.99. The first kappa shape index (κ1) is 24.0. The molecule has 1 aliphatic rings. The molecule has 1 aromatic heterocycles. The Kier molecular flexibility index (Phi) is 7.32. The number of aryl methyl sites for hydroxylation is 1. The number of nitrogens with zero attached hydrogens (tertiary/aromatic N) is 3. The normalized spacial score (nSPS) is 15.1. The van der Waals surface area contributed by atoms with Crippen LogP contribution in [0.25, 0.3) is 0 Å². The molecule has 3 aromatic rings. The smallest absolute Gasteiger partial charge is 0.273 e. The molecule has 6 nitrogen and oxygen atoms in total. The van der Waals surface area contributed by atoms with E-state index in [1.165, 1.54) is 22.5 Å². The summed E-state index contributed by atoms with van der Waals surface area (Å²) in [5.41, 5.74) is 5.09. The average molecular weight is 478 g/mol. The Bertz CT molecular complexity index is 1170. The van der Waals surface area contributed by atoms with Gasteiger partial charge in [-0.1, -0.05) is 42.8 Å². The van der Waals surface area contributed by atoms with E-state index in [4.69, 9.17) is 4.74 Å². The molecule has 7 heteroatoms. The zero-order valence-electron chi connectivity index (χ0n) is 20.2. The summed E-state index contributed by atoms with van der Waals surface area (Å²) in [5.74, 6) is 0.801. The Morgan fingerprint density at radius 1 is 1.18 bits per heavy atom. The van der Waals surface area contributed by atoms with Crippen LogP contribution in [0.1, 0.15) is 64.1 Å². The van der Waals surface area contributed by atoms with Crippen molar-refractivity contribution in [2.24, 2.45) is 0 Å². The number of amides is 2. The third-order valence-electron chi connectivity index (χ3n) is 6.32. The van der Waals surface area contributed by atoms with Gasteiger partial charge >= 0.3 is 0 Å². The summed E-state index contributed by atoms with van der Waals surface area (Å²) in [6.45, 7) is 7.55. The predicted molar refractivity (Wildman–Crippen MR) is 134 cm³/mol. The molecule has 178 valence electrons. The Morgan fingerprint density at radius 3 is 2.65 bits per heavy atom. The van der Waals surface area contributed by atoms with E-state index < -0.39 is 0 Å². The second-order valence-electron chi connectivity index (χ2n) is 8.60. The number of carbonyl (C=O) groups excluding carboxylic acids is 2. The largest absolute Gasteiger partial charge is 0.486 e. The van der Waals surface area contributed by atoms with Crippen LogP contribution in [-0.2, 0) is 17.8 Å². The second kappa shape index (κ2) is 10.4. The first-order chi connectivity index (χ1) is 16.4. The Balaban J connectivity index is 1.58. The highest BCUT2D eigenvalue weighted by molar-refractivity contribution is 7.09. The van der Waals surface area contributed by atoms with Gasteiger partial charge in [-0.2, -0.15) is 0 Å². The Morgan fingerprint density at radius 2 is 1.94 bits per heavy atom. The Labute approximate surface area is 205 Å². The lowest BCUT2D eigenvalue weighted by Gasteiger charge is -2.38. The number of carbonyl (C=O) groups is 2. The molecule has 1 atom stereocenters. The zero-order chi connectivity index (χ0) is 24.2.